The fraction of sp³-hybridized carbons (Fsp3) is 0.364. The number of anilines is 3. The molecule has 1 atom stereocenters. The number of hydrogen-bond donors (Lipinski definition) is 3. The second kappa shape index (κ2) is 8.14. The molecule has 4 rings (SSSR count). The van der Waals surface area contributed by atoms with Gasteiger partial charge in [-0.15, -0.1) is 0 Å². The van der Waals surface area contributed by atoms with Crippen LogP contribution in [0.5, 0.6) is 0 Å². The number of hydrogen-bond acceptors (Lipinski definition) is 5. The van der Waals surface area contributed by atoms with Crippen molar-refractivity contribution in [3.8, 4) is 0 Å². The van der Waals surface area contributed by atoms with Crippen molar-refractivity contribution >= 4 is 34.8 Å². The highest BCUT2D eigenvalue weighted by molar-refractivity contribution is 6.04. The largest absolute Gasteiger partial charge is 0.342 e. The van der Waals surface area contributed by atoms with Crippen molar-refractivity contribution in [1.29, 1.82) is 0 Å². The van der Waals surface area contributed by atoms with E-state index in [1.54, 1.807) is 12.1 Å². The molecular weight excluding hydrogens is 382 g/mol. The summed E-state index contributed by atoms with van der Waals surface area (Å²) in [6.45, 7) is 7.41. The van der Waals surface area contributed by atoms with E-state index in [1.165, 1.54) is 0 Å². The average Bonchev–Trinajstić information content (AvgIpc) is 2.73. The van der Waals surface area contributed by atoms with Crippen LogP contribution in [0.15, 0.2) is 35.6 Å². The van der Waals surface area contributed by atoms with Gasteiger partial charge in [0.15, 0.2) is 0 Å². The van der Waals surface area contributed by atoms with Crippen LogP contribution < -0.4 is 21.1 Å². The molecule has 0 radical (unpaired) electrons. The zero-order valence-corrected chi connectivity index (χ0v) is 17.0. The minimum absolute atomic E-state index is 0.101. The normalized spacial score (nSPS) is 18.4. The zero-order chi connectivity index (χ0) is 21.3. The summed E-state index contributed by atoms with van der Waals surface area (Å²) in [4.78, 5) is 47.3. The molecule has 1 saturated heterocycles. The van der Waals surface area contributed by atoms with E-state index in [1.807, 2.05) is 24.0 Å². The third-order valence-corrected chi connectivity index (χ3v) is 5.56. The summed E-state index contributed by atoms with van der Waals surface area (Å²) in [6, 6.07) is 7.26. The molecule has 2 aromatic rings. The molecule has 2 aliphatic heterocycles. The first kappa shape index (κ1) is 19.9. The molecule has 156 valence electrons. The first-order valence-corrected chi connectivity index (χ1v) is 10.2. The lowest BCUT2D eigenvalue weighted by molar-refractivity contribution is -0.123. The molecular formula is C22H25N5O3. The summed E-state index contributed by atoms with van der Waals surface area (Å²) in [5, 5.41) is 5.47. The summed E-state index contributed by atoms with van der Waals surface area (Å²) < 4.78 is 0. The monoisotopic (exact) mass is 407 g/mol. The highest BCUT2D eigenvalue weighted by Gasteiger charge is 2.35. The molecule has 3 N–H and O–H groups in total. The number of carbonyl (C=O) groups excluding carboxylic acids is 2. The average molecular weight is 407 g/mol. The Morgan fingerprint density at radius 1 is 1.17 bits per heavy atom. The summed E-state index contributed by atoms with van der Waals surface area (Å²) >= 11 is 0. The van der Waals surface area contributed by atoms with Crippen LogP contribution in [0.3, 0.4) is 0 Å². The molecule has 0 bridgehead atoms. The summed E-state index contributed by atoms with van der Waals surface area (Å²) in [6.07, 6.45) is 3.11. The van der Waals surface area contributed by atoms with Crippen molar-refractivity contribution in [2.45, 2.75) is 38.5 Å². The number of allylic oxidation sites excluding steroid dienone is 1. The summed E-state index contributed by atoms with van der Waals surface area (Å²) in [5.74, 6) is -1.03. The number of H-pyrrole nitrogens is 1. The molecule has 0 aliphatic carbocycles. The van der Waals surface area contributed by atoms with E-state index in [0.29, 0.717) is 11.6 Å². The summed E-state index contributed by atoms with van der Waals surface area (Å²) in [7, 11) is 0. The number of piperidine rings is 1. The Balaban J connectivity index is 1.60. The number of aromatic amines is 1. The van der Waals surface area contributed by atoms with E-state index in [2.05, 4.69) is 27.2 Å². The number of amides is 2. The van der Waals surface area contributed by atoms with Gasteiger partial charge in [0, 0.05) is 25.2 Å². The van der Waals surface area contributed by atoms with Crippen molar-refractivity contribution in [1.82, 2.24) is 9.97 Å². The van der Waals surface area contributed by atoms with Gasteiger partial charge in [-0.2, -0.15) is 4.98 Å². The standard InChI is InChI=1S/C22H25N5O3/c1-13(2)14-6-8-15(9-7-14)23-20(29)16-12-17(28)24-19-18(16)21(30)26-22(25-19)27-10-4-3-5-11-27/h6-9,16H,1,3-5,10-12H2,2H3,(H,23,29)(H2,24,25,26,28,30). The van der Waals surface area contributed by atoms with Crippen LogP contribution in [-0.4, -0.2) is 34.9 Å². The molecule has 1 fully saturated rings. The van der Waals surface area contributed by atoms with Gasteiger partial charge in [0.2, 0.25) is 17.8 Å². The Bertz CT molecular complexity index is 1050. The lowest BCUT2D eigenvalue weighted by Crippen LogP contribution is -2.38. The lowest BCUT2D eigenvalue weighted by atomic mass is 9.92. The number of rotatable bonds is 4. The third-order valence-electron chi connectivity index (χ3n) is 5.56. The summed E-state index contributed by atoms with van der Waals surface area (Å²) in [5.41, 5.74) is 2.30. The maximum atomic E-state index is 12.9. The van der Waals surface area contributed by atoms with Gasteiger partial charge in [-0.3, -0.25) is 19.4 Å². The van der Waals surface area contributed by atoms with E-state index in [0.717, 1.165) is 43.5 Å². The lowest BCUT2D eigenvalue weighted by Gasteiger charge is -2.29. The molecule has 1 aromatic carbocycles. The fourth-order valence-corrected chi connectivity index (χ4v) is 3.91. The van der Waals surface area contributed by atoms with Gasteiger partial charge >= 0.3 is 0 Å². The molecule has 0 spiro atoms. The predicted molar refractivity (Wildman–Crippen MR) is 117 cm³/mol. The predicted octanol–water partition coefficient (Wildman–Crippen LogP) is 2.86. The molecule has 2 aliphatic rings. The first-order chi connectivity index (χ1) is 14.4. The van der Waals surface area contributed by atoms with Crippen LogP contribution in [0, 0.1) is 0 Å². The van der Waals surface area contributed by atoms with Gasteiger partial charge in [0.1, 0.15) is 5.82 Å². The molecule has 8 heteroatoms. The van der Waals surface area contributed by atoms with Crippen molar-refractivity contribution < 1.29 is 9.59 Å². The van der Waals surface area contributed by atoms with Crippen LogP contribution in [0.2, 0.25) is 0 Å². The molecule has 0 saturated carbocycles. The van der Waals surface area contributed by atoms with E-state index in [4.69, 9.17) is 0 Å². The highest BCUT2D eigenvalue weighted by Crippen LogP contribution is 2.30. The Morgan fingerprint density at radius 3 is 2.53 bits per heavy atom. The second-order valence-corrected chi connectivity index (χ2v) is 7.85. The van der Waals surface area contributed by atoms with E-state index in [-0.39, 0.29) is 23.7 Å². The molecule has 8 nitrogen and oxygen atoms in total. The number of fused-ring (bicyclic) bond motifs is 1. The second-order valence-electron chi connectivity index (χ2n) is 7.85. The number of benzene rings is 1. The SMILES string of the molecule is C=C(C)c1ccc(NC(=O)C2CC(=O)Nc3nc(N4CCCCC4)[nH]c(=O)c32)cc1. The van der Waals surface area contributed by atoms with Crippen LogP contribution >= 0.6 is 0 Å². The highest BCUT2D eigenvalue weighted by atomic mass is 16.2. The van der Waals surface area contributed by atoms with E-state index >= 15 is 0 Å². The van der Waals surface area contributed by atoms with Gasteiger partial charge < -0.3 is 15.5 Å². The molecule has 1 aromatic heterocycles. The Hall–Kier alpha value is -3.42. The number of carbonyl (C=O) groups is 2. The molecule has 3 heterocycles. The molecule has 30 heavy (non-hydrogen) atoms. The molecule has 2 amide bonds. The van der Waals surface area contributed by atoms with Gasteiger partial charge in [-0.25, -0.2) is 0 Å². The van der Waals surface area contributed by atoms with Crippen molar-refractivity contribution in [2.24, 2.45) is 0 Å². The van der Waals surface area contributed by atoms with Crippen LogP contribution in [0.25, 0.3) is 5.57 Å². The topological polar surface area (TPSA) is 107 Å². The third kappa shape index (κ3) is 3.98. The maximum Gasteiger partial charge on any atom is 0.258 e. The van der Waals surface area contributed by atoms with Crippen molar-refractivity contribution in [3.05, 3.63) is 52.3 Å². The zero-order valence-electron chi connectivity index (χ0n) is 17.0. The number of aromatic nitrogens is 2. The maximum absolute atomic E-state index is 12.9. The minimum atomic E-state index is -0.902. The molecule has 1 unspecified atom stereocenters. The Labute approximate surface area is 174 Å². The quantitative estimate of drug-likeness (QED) is 0.722. The van der Waals surface area contributed by atoms with E-state index in [9.17, 15) is 14.4 Å². The Kier molecular flexibility index (Phi) is 5.39. The number of nitrogens with one attached hydrogen (secondary N) is 3. The fourth-order valence-electron chi connectivity index (χ4n) is 3.91. The Morgan fingerprint density at radius 2 is 1.87 bits per heavy atom. The smallest absolute Gasteiger partial charge is 0.258 e. The van der Waals surface area contributed by atoms with Crippen molar-refractivity contribution in [3.63, 3.8) is 0 Å². The van der Waals surface area contributed by atoms with Gasteiger partial charge in [-0.05, 0) is 43.9 Å². The van der Waals surface area contributed by atoms with E-state index < -0.39 is 17.4 Å². The number of nitrogens with zero attached hydrogens (tertiary/aromatic N) is 2. The minimum Gasteiger partial charge on any atom is -0.342 e. The van der Waals surface area contributed by atoms with Gasteiger partial charge in [0.25, 0.3) is 5.56 Å². The van der Waals surface area contributed by atoms with Crippen LogP contribution in [0.1, 0.15) is 49.7 Å². The van der Waals surface area contributed by atoms with Crippen molar-refractivity contribution in [2.75, 3.05) is 28.6 Å². The first-order valence-electron chi connectivity index (χ1n) is 10.2. The van der Waals surface area contributed by atoms with Crippen LogP contribution in [0.4, 0.5) is 17.5 Å². The van der Waals surface area contributed by atoms with Crippen LogP contribution in [-0.2, 0) is 9.59 Å². The van der Waals surface area contributed by atoms with Gasteiger partial charge in [-0.1, -0.05) is 24.3 Å². The van der Waals surface area contributed by atoms with Gasteiger partial charge in [0.05, 0.1) is 11.5 Å².